The average molecular weight is 131 g/mol. The van der Waals surface area contributed by atoms with Crippen LogP contribution in [0.5, 0.6) is 0 Å². The van der Waals surface area contributed by atoms with Gasteiger partial charge in [-0.05, 0) is 20.4 Å². The molecular formula is C5H13N3O-2. The van der Waals surface area contributed by atoms with Gasteiger partial charge in [0.05, 0.1) is 0 Å². The molecule has 0 spiro atoms. The predicted octanol–water partition coefficient (Wildman–Crippen LogP) is 1.40. The molecule has 56 valence electrons. The molecule has 1 N–H and O–H groups in total. The Balaban J connectivity index is 3.58. The van der Waals surface area contributed by atoms with E-state index in [9.17, 15) is 5.21 Å². The molecule has 0 saturated carbocycles. The van der Waals surface area contributed by atoms with Crippen molar-refractivity contribution in [3.8, 4) is 0 Å². The van der Waals surface area contributed by atoms with Crippen LogP contribution in [0.1, 0.15) is 20.3 Å². The summed E-state index contributed by atoms with van der Waals surface area (Å²) in [4.78, 5) is 0. The van der Waals surface area contributed by atoms with Gasteiger partial charge in [-0.25, -0.2) is 0 Å². The maximum Gasteiger partial charge on any atom is 0.00635 e. The molecule has 4 heteroatoms. The van der Waals surface area contributed by atoms with Crippen molar-refractivity contribution in [2.75, 3.05) is 7.05 Å². The van der Waals surface area contributed by atoms with Crippen molar-refractivity contribution >= 4 is 0 Å². The van der Waals surface area contributed by atoms with Gasteiger partial charge in [0.15, 0.2) is 0 Å². The van der Waals surface area contributed by atoms with E-state index in [1.807, 2.05) is 6.92 Å². The van der Waals surface area contributed by atoms with E-state index in [2.05, 4.69) is 0 Å². The van der Waals surface area contributed by atoms with Gasteiger partial charge in [-0.3, -0.25) is 0 Å². The standard InChI is InChI=1S/C5H13N3O/c1-4-5(2)8(9)7(3)6/h5-6H,4H2,1-3H3/q-2. The lowest BCUT2D eigenvalue weighted by Crippen LogP contribution is -2.36. The Hall–Kier alpha value is -0.160. The molecule has 0 bridgehead atoms. The fourth-order valence-electron chi connectivity index (χ4n) is 0.452. The molecule has 4 nitrogen and oxygen atoms in total. The van der Waals surface area contributed by atoms with Crippen molar-refractivity contribution in [3.05, 3.63) is 11.0 Å². The van der Waals surface area contributed by atoms with Gasteiger partial charge < -0.3 is 21.3 Å². The summed E-state index contributed by atoms with van der Waals surface area (Å²) < 4.78 is 0. The lowest BCUT2D eigenvalue weighted by molar-refractivity contribution is 0.0635. The molecule has 0 heterocycles. The highest BCUT2D eigenvalue weighted by Gasteiger charge is 1.97. The molecule has 0 radical (unpaired) electrons. The summed E-state index contributed by atoms with van der Waals surface area (Å²) in [7, 11) is 1.42. The summed E-state index contributed by atoms with van der Waals surface area (Å²) in [5.74, 6) is 6.86. The van der Waals surface area contributed by atoms with Crippen LogP contribution in [0.4, 0.5) is 0 Å². The monoisotopic (exact) mass is 131 g/mol. The topological polar surface area (TPSA) is 53.3 Å². The Morgan fingerprint density at radius 2 is 2.11 bits per heavy atom. The van der Waals surface area contributed by atoms with Crippen LogP contribution in [0.15, 0.2) is 0 Å². The van der Waals surface area contributed by atoms with E-state index in [0.717, 1.165) is 11.5 Å². The fourth-order valence-corrected chi connectivity index (χ4v) is 0.452. The highest BCUT2D eigenvalue weighted by Crippen LogP contribution is 2.02. The minimum atomic E-state index is -0.0903. The zero-order valence-corrected chi connectivity index (χ0v) is 6.09. The smallest absolute Gasteiger partial charge is 0.00635 e. The molecular weight excluding hydrogens is 118 g/mol. The predicted molar refractivity (Wildman–Crippen MR) is 37.0 cm³/mol. The van der Waals surface area contributed by atoms with E-state index in [-0.39, 0.29) is 6.04 Å². The summed E-state index contributed by atoms with van der Waals surface area (Å²) in [6.07, 6.45) is 0.771. The highest BCUT2D eigenvalue weighted by molar-refractivity contribution is 4.61. The zero-order chi connectivity index (χ0) is 7.44. The largest absolute Gasteiger partial charge is 0.772 e. The SMILES string of the molecule is CCC(C)N([O-])N(C)[NH-]. The van der Waals surface area contributed by atoms with Crippen LogP contribution in [0, 0.1) is 5.21 Å². The van der Waals surface area contributed by atoms with E-state index in [1.165, 1.54) is 7.05 Å². The van der Waals surface area contributed by atoms with Gasteiger partial charge in [0.1, 0.15) is 0 Å². The number of hydroxylamine groups is 1. The molecule has 0 aromatic carbocycles. The lowest BCUT2D eigenvalue weighted by atomic mass is 10.3. The second-order valence-electron chi connectivity index (χ2n) is 2.08. The molecule has 0 aromatic rings. The molecule has 0 aliphatic carbocycles. The number of hydrogen-bond acceptors (Lipinski definition) is 3. The van der Waals surface area contributed by atoms with E-state index >= 15 is 0 Å². The number of nitrogens with zero attached hydrogens (tertiary/aromatic N) is 2. The number of hydrogen-bond donors (Lipinski definition) is 0. The number of nitrogens with one attached hydrogen (secondary N) is 1. The minimum absolute atomic E-state index is 0.0903. The van der Waals surface area contributed by atoms with E-state index in [1.54, 1.807) is 6.92 Å². The Morgan fingerprint density at radius 3 is 2.22 bits per heavy atom. The van der Waals surface area contributed by atoms with Gasteiger partial charge in [0, 0.05) is 6.04 Å². The quantitative estimate of drug-likeness (QED) is 0.544. The van der Waals surface area contributed by atoms with Crippen LogP contribution in [0.25, 0.3) is 5.84 Å². The maximum absolute atomic E-state index is 10.7. The van der Waals surface area contributed by atoms with Crippen molar-refractivity contribution in [1.29, 1.82) is 0 Å². The summed E-state index contributed by atoms with van der Waals surface area (Å²) in [6, 6.07) is -0.0903. The number of rotatable bonds is 3. The normalized spacial score (nSPS) is 15.0. The summed E-state index contributed by atoms with van der Waals surface area (Å²) in [5, 5.41) is 12.2. The van der Waals surface area contributed by atoms with Gasteiger partial charge in [0.2, 0.25) is 0 Å². The maximum atomic E-state index is 10.7. The van der Waals surface area contributed by atoms with Crippen molar-refractivity contribution < 1.29 is 0 Å². The molecule has 0 fully saturated rings. The Morgan fingerprint density at radius 1 is 1.67 bits per heavy atom. The van der Waals surface area contributed by atoms with Gasteiger partial charge >= 0.3 is 0 Å². The molecule has 1 atom stereocenters. The first-order valence-electron chi connectivity index (χ1n) is 3.00. The van der Waals surface area contributed by atoms with Crippen LogP contribution in [-0.4, -0.2) is 23.4 Å². The third-order valence-electron chi connectivity index (χ3n) is 1.26. The summed E-state index contributed by atoms with van der Waals surface area (Å²) in [5.41, 5.74) is 0. The number of hydrazine groups is 1. The molecule has 9 heavy (non-hydrogen) atoms. The lowest BCUT2D eigenvalue weighted by Gasteiger charge is -2.45. The first kappa shape index (κ1) is 8.84. The first-order valence-corrected chi connectivity index (χ1v) is 3.00. The zero-order valence-electron chi connectivity index (χ0n) is 6.09. The molecule has 1 unspecified atom stereocenters. The molecule has 0 amide bonds. The third-order valence-corrected chi connectivity index (χ3v) is 1.26. The Kier molecular flexibility index (Phi) is 3.72. The second kappa shape index (κ2) is 3.79. The van der Waals surface area contributed by atoms with E-state index < -0.39 is 0 Å². The highest BCUT2D eigenvalue weighted by atomic mass is 16.6. The molecule has 0 aromatic heterocycles. The van der Waals surface area contributed by atoms with Crippen molar-refractivity contribution in [3.63, 3.8) is 0 Å². The Labute approximate surface area is 55.7 Å². The average Bonchev–Trinajstić information content (AvgIpc) is 1.84. The minimum Gasteiger partial charge on any atom is -0.772 e. The van der Waals surface area contributed by atoms with Crippen LogP contribution in [0.3, 0.4) is 0 Å². The van der Waals surface area contributed by atoms with Gasteiger partial charge in [-0.15, -0.1) is 0 Å². The second-order valence-corrected chi connectivity index (χ2v) is 2.08. The Bertz CT molecular complexity index is 76.6. The van der Waals surface area contributed by atoms with Crippen LogP contribution >= 0.6 is 0 Å². The summed E-state index contributed by atoms with van der Waals surface area (Å²) in [6.45, 7) is 3.71. The van der Waals surface area contributed by atoms with Crippen molar-refractivity contribution in [1.82, 2.24) is 10.3 Å². The van der Waals surface area contributed by atoms with Crippen LogP contribution in [-0.2, 0) is 0 Å². The molecule has 0 saturated heterocycles. The van der Waals surface area contributed by atoms with Crippen molar-refractivity contribution in [2.45, 2.75) is 26.3 Å². The van der Waals surface area contributed by atoms with Crippen molar-refractivity contribution in [2.24, 2.45) is 0 Å². The summed E-state index contributed by atoms with van der Waals surface area (Å²) >= 11 is 0. The molecule has 0 aliphatic heterocycles. The third kappa shape index (κ3) is 2.76. The molecule has 0 aliphatic rings. The molecule has 0 rings (SSSR count). The van der Waals surface area contributed by atoms with E-state index in [4.69, 9.17) is 5.84 Å². The van der Waals surface area contributed by atoms with Crippen LogP contribution < -0.4 is 0 Å². The fraction of sp³-hybridized carbons (Fsp3) is 1.00. The first-order chi connectivity index (χ1) is 4.09. The van der Waals surface area contributed by atoms with E-state index in [0.29, 0.717) is 5.17 Å². The van der Waals surface area contributed by atoms with Gasteiger partial charge in [-0.2, -0.15) is 0 Å². The van der Waals surface area contributed by atoms with Crippen LogP contribution in [0.2, 0.25) is 0 Å². The van der Waals surface area contributed by atoms with Gasteiger partial charge in [0.25, 0.3) is 0 Å². The van der Waals surface area contributed by atoms with Gasteiger partial charge in [-0.1, -0.05) is 6.92 Å².